The third-order valence-corrected chi connectivity index (χ3v) is 13.3. The fourth-order valence-electron chi connectivity index (χ4n) is 8.69. The number of carbonyl (C=O) groups excluding carboxylic acids is 7. The van der Waals surface area contributed by atoms with Gasteiger partial charge in [-0.1, -0.05) is 88.7 Å². The fraction of sp³-hybridized carbons (Fsp3) is 0.472. The third kappa shape index (κ3) is 19.7. The zero-order chi connectivity index (χ0) is 58.5. The van der Waals surface area contributed by atoms with Crippen molar-refractivity contribution in [1.82, 2.24) is 36.8 Å². The number of benzene rings is 3. The molecule has 26 nitrogen and oxygen atoms in total. The van der Waals surface area contributed by atoms with Crippen LogP contribution in [0.15, 0.2) is 83.9 Å². The maximum absolute atomic E-state index is 14.7. The Bertz CT molecular complexity index is 2650. The SMILES string of the molecule is CC[C@H](C)[C@H](NC(=O)[C@H](Cc1ccc(O)cc1)NC(=O)[C@@H](NC(=O)[C@H](CCCN=C(N)N)NC(=O)[C@@H](N)CC(=O)O)C(C)C)C(=O)N[C@@H](Cc1ccc([N+](=O)[O-])cc1)C(=O)N1CCC[C@H]1C(=O)N[C@@H](Cc1ccccc1)C(=O)O. The smallest absolute Gasteiger partial charge is 0.326 e. The van der Waals surface area contributed by atoms with Gasteiger partial charge in [0.05, 0.1) is 17.4 Å². The van der Waals surface area contributed by atoms with Crippen LogP contribution >= 0.6 is 0 Å². The van der Waals surface area contributed by atoms with Crippen molar-refractivity contribution in [1.29, 1.82) is 0 Å². The van der Waals surface area contributed by atoms with Crippen molar-refractivity contribution in [3.05, 3.63) is 106 Å². The summed E-state index contributed by atoms with van der Waals surface area (Å²) in [6.45, 7) is 6.70. The number of likely N-dealkylation sites (tertiary alicyclic amines) is 1. The number of guanidine groups is 1. The molecule has 79 heavy (non-hydrogen) atoms. The van der Waals surface area contributed by atoms with Crippen LogP contribution < -0.4 is 49.1 Å². The molecule has 0 spiro atoms. The van der Waals surface area contributed by atoms with Crippen molar-refractivity contribution in [3.8, 4) is 5.75 Å². The van der Waals surface area contributed by atoms with Crippen LogP contribution in [0.4, 0.5) is 5.69 Å². The maximum atomic E-state index is 14.7. The van der Waals surface area contributed by atoms with E-state index in [9.17, 15) is 68.6 Å². The van der Waals surface area contributed by atoms with Crippen molar-refractivity contribution in [3.63, 3.8) is 0 Å². The molecule has 9 atom stereocenters. The number of nitro groups is 1. The number of hydrogen-bond acceptors (Lipinski definition) is 14. The van der Waals surface area contributed by atoms with E-state index in [-0.39, 0.29) is 69.0 Å². The first-order valence-electron chi connectivity index (χ1n) is 25.8. The van der Waals surface area contributed by atoms with Gasteiger partial charge in [0.2, 0.25) is 41.4 Å². The van der Waals surface area contributed by atoms with Crippen LogP contribution in [0.1, 0.15) is 82.9 Å². The minimum Gasteiger partial charge on any atom is -0.508 e. The minimum absolute atomic E-state index is 0.0435. The number of nitro benzene ring substituents is 1. The molecule has 428 valence electrons. The first kappa shape index (κ1) is 62.9. The molecule has 0 aliphatic carbocycles. The predicted molar refractivity (Wildman–Crippen MR) is 287 cm³/mol. The van der Waals surface area contributed by atoms with Gasteiger partial charge in [-0.15, -0.1) is 0 Å². The Hall–Kier alpha value is -8.68. The number of hydrogen-bond donors (Lipinski definition) is 12. The van der Waals surface area contributed by atoms with Gasteiger partial charge in [-0.25, -0.2) is 4.79 Å². The van der Waals surface area contributed by atoms with Gasteiger partial charge in [-0.05, 0) is 66.3 Å². The molecule has 15 N–H and O–H groups in total. The van der Waals surface area contributed by atoms with Crippen LogP contribution in [0.5, 0.6) is 5.75 Å². The number of non-ortho nitro benzene ring substituents is 1. The second-order valence-electron chi connectivity index (χ2n) is 19.7. The topological polar surface area (TPSA) is 423 Å². The molecular formula is C53H72N12O14. The van der Waals surface area contributed by atoms with E-state index in [1.165, 1.54) is 53.4 Å². The number of nitrogens with one attached hydrogen (secondary N) is 6. The van der Waals surface area contributed by atoms with Crippen LogP contribution in [-0.4, -0.2) is 146 Å². The van der Waals surface area contributed by atoms with Gasteiger partial charge in [0.1, 0.15) is 48.0 Å². The molecule has 1 fully saturated rings. The molecule has 1 aliphatic heterocycles. The lowest BCUT2D eigenvalue weighted by atomic mass is 9.95. The molecule has 1 heterocycles. The Balaban J connectivity index is 1.64. The average Bonchev–Trinajstić information content (AvgIpc) is 3.91. The summed E-state index contributed by atoms with van der Waals surface area (Å²) in [5.41, 5.74) is 17.9. The predicted octanol–water partition coefficient (Wildman–Crippen LogP) is -0.130. The van der Waals surface area contributed by atoms with Crippen LogP contribution in [0, 0.1) is 22.0 Å². The number of nitrogens with two attached hydrogens (primary N) is 3. The first-order valence-corrected chi connectivity index (χ1v) is 25.8. The second-order valence-corrected chi connectivity index (χ2v) is 19.7. The number of nitrogens with zero attached hydrogens (tertiary/aromatic N) is 3. The monoisotopic (exact) mass is 1100 g/mol. The lowest BCUT2D eigenvalue weighted by Gasteiger charge is -2.32. The number of rotatable bonds is 30. The van der Waals surface area contributed by atoms with Crippen molar-refractivity contribution < 1.29 is 63.4 Å². The molecule has 0 unspecified atom stereocenters. The number of aliphatic imine (C=N–C) groups is 1. The summed E-state index contributed by atoms with van der Waals surface area (Å²) in [6.07, 6.45) is -0.375. The number of aliphatic carboxylic acids is 2. The van der Waals surface area contributed by atoms with E-state index in [1.54, 1.807) is 58.0 Å². The lowest BCUT2D eigenvalue weighted by molar-refractivity contribution is -0.384. The summed E-state index contributed by atoms with van der Waals surface area (Å²) in [7, 11) is 0. The second kappa shape index (κ2) is 30.3. The van der Waals surface area contributed by atoms with E-state index < -0.39 is 125 Å². The summed E-state index contributed by atoms with van der Waals surface area (Å²) < 4.78 is 0. The molecule has 4 rings (SSSR count). The van der Waals surface area contributed by atoms with Crippen molar-refractivity contribution in [2.24, 2.45) is 34.0 Å². The van der Waals surface area contributed by atoms with Gasteiger partial charge in [0.15, 0.2) is 5.96 Å². The Labute approximate surface area is 456 Å². The number of carboxylic acid groups (broad SMARTS) is 2. The zero-order valence-corrected chi connectivity index (χ0v) is 44.5. The number of carboxylic acids is 2. The highest BCUT2D eigenvalue weighted by Gasteiger charge is 2.41. The van der Waals surface area contributed by atoms with Gasteiger partial charge >= 0.3 is 11.9 Å². The Morgan fingerprint density at radius 3 is 1.80 bits per heavy atom. The minimum atomic E-state index is -1.53. The van der Waals surface area contributed by atoms with Crippen molar-refractivity contribution in [2.45, 2.75) is 134 Å². The molecule has 1 aliphatic rings. The fourth-order valence-corrected chi connectivity index (χ4v) is 8.69. The third-order valence-electron chi connectivity index (χ3n) is 13.3. The first-order chi connectivity index (χ1) is 37.4. The molecule has 0 radical (unpaired) electrons. The molecule has 3 aromatic carbocycles. The summed E-state index contributed by atoms with van der Waals surface area (Å²) >= 11 is 0. The summed E-state index contributed by atoms with van der Waals surface area (Å²) in [6, 6.07) is 8.52. The van der Waals surface area contributed by atoms with Crippen LogP contribution in [-0.2, 0) is 62.4 Å². The lowest BCUT2D eigenvalue weighted by Crippen LogP contribution is -2.62. The van der Waals surface area contributed by atoms with Crippen LogP contribution in [0.3, 0.4) is 0 Å². The zero-order valence-electron chi connectivity index (χ0n) is 44.5. The van der Waals surface area contributed by atoms with Gasteiger partial charge < -0.3 is 69.3 Å². The highest BCUT2D eigenvalue weighted by atomic mass is 16.6. The van der Waals surface area contributed by atoms with E-state index in [0.29, 0.717) is 29.5 Å². The molecule has 26 heteroatoms. The standard InChI is InChI=1S/C53H72N12O14/c1-5-30(4)44(50(74)60-39(26-32-15-19-34(20-16-32)65(78)79)51(75)64-24-10-14-41(64)48(72)61-40(52(76)77)27-31-11-7-6-8-12-31)63-47(71)38(25-33-17-21-35(66)22-18-33)59-49(73)43(29(2)3)62-46(70)37(13-9-23-57-53(55)56)58-45(69)36(54)28-42(67)68/h6-8,11-12,15-22,29-30,36-41,43-44,66H,5,9-10,13-14,23-28,54H2,1-4H3,(H,58,69)(H,59,73)(H,60,74)(H,61,72)(H,62,70)(H,63,71)(H,67,68)(H,76,77)(H4,55,56,57)/t30-,36-,37-,38-,39-,40-,41-,43-,44-/m0/s1. The van der Waals surface area contributed by atoms with Gasteiger partial charge in [0.25, 0.3) is 5.69 Å². The van der Waals surface area contributed by atoms with Gasteiger partial charge in [-0.2, -0.15) is 0 Å². The molecule has 1 saturated heterocycles. The molecular weight excluding hydrogens is 1030 g/mol. The molecule has 0 saturated carbocycles. The maximum Gasteiger partial charge on any atom is 0.326 e. The summed E-state index contributed by atoms with van der Waals surface area (Å²) in [5, 5.41) is 56.6. The van der Waals surface area contributed by atoms with E-state index in [1.807, 2.05) is 0 Å². The molecule has 0 bridgehead atoms. The highest BCUT2D eigenvalue weighted by Crippen LogP contribution is 2.22. The quantitative estimate of drug-likeness (QED) is 0.0136. The number of aromatic hydroxyl groups is 1. The van der Waals surface area contributed by atoms with E-state index in [4.69, 9.17) is 17.2 Å². The van der Waals surface area contributed by atoms with E-state index in [2.05, 4.69) is 36.9 Å². The summed E-state index contributed by atoms with van der Waals surface area (Å²) in [5.74, 6) is -10.2. The Kier molecular flexibility index (Phi) is 24.1. The van der Waals surface area contributed by atoms with Gasteiger partial charge in [-0.3, -0.25) is 53.5 Å². The molecule has 7 amide bonds. The number of phenolic OH excluding ortho intramolecular Hbond substituents is 1. The Morgan fingerprint density at radius 1 is 0.696 bits per heavy atom. The van der Waals surface area contributed by atoms with E-state index in [0.717, 1.165) is 0 Å². The van der Waals surface area contributed by atoms with Crippen LogP contribution in [0.25, 0.3) is 0 Å². The molecule has 0 aromatic heterocycles. The normalized spacial score (nSPS) is 16.0. The van der Waals surface area contributed by atoms with Gasteiger partial charge in [0, 0.05) is 44.5 Å². The largest absolute Gasteiger partial charge is 0.508 e. The molecule has 3 aromatic rings. The summed E-state index contributed by atoms with van der Waals surface area (Å²) in [4.78, 5) is 139. The Morgan fingerprint density at radius 2 is 1.23 bits per heavy atom. The number of phenols is 1. The van der Waals surface area contributed by atoms with E-state index >= 15 is 0 Å². The number of carbonyl (C=O) groups is 9. The van der Waals surface area contributed by atoms with Crippen molar-refractivity contribution in [2.75, 3.05) is 13.1 Å². The van der Waals surface area contributed by atoms with Crippen molar-refractivity contribution >= 4 is 64.9 Å². The number of amides is 7. The highest BCUT2D eigenvalue weighted by molar-refractivity contribution is 5.98. The van der Waals surface area contributed by atoms with Crippen LogP contribution in [0.2, 0.25) is 0 Å². The average molecular weight is 1100 g/mol.